The zero-order valence-electron chi connectivity index (χ0n) is 8.33. The summed E-state index contributed by atoms with van der Waals surface area (Å²) in [5.74, 6) is 0. The predicted octanol–water partition coefficient (Wildman–Crippen LogP) is 1.12. The molecule has 0 spiro atoms. The molecule has 2 aromatic rings. The van der Waals surface area contributed by atoms with Crippen molar-refractivity contribution in [2.24, 2.45) is 0 Å². The molecule has 2 rings (SSSR count). The Morgan fingerprint density at radius 3 is 3.07 bits per heavy atom. The average molecular weight is 223 g/mol. The van der Waals surface area contributed by atoms with E-state index in [0.717, 1.165) is 18.7 Å². The molecule has 0 aliphatic rings. The summed E-state index contributed by atoms with van der Waals surface area (Å²) in [6, 6.07) is 4.18. The van der Waals surface area contributed by atoms with E-state index in [2.05, 4.69) is 27.8 Å². The number of hydrogen-bond donors (Lipinski definition) is 1. The van der Waals surface area contributed by atoms with Crippen LogP contribution in [0.15, 0.2) is 23.7 Å². The van der Waals surface area contributed by atoms with E-state index in [1.807, 2.05) is 10.9 Å². The maximum Gasteiger partial charge on any atom is 0.0849 e. The van der Waals surface area contributed by atoms with Gasteiger partial charge in [0.15, 0.2) is 0 Å². The SMILES string of the molecule is OCCc1cn(CCc2cccs2)nn1. The number of aliphatic hydroxyl groups excluding tert-OH is 1. The summed E-state index contributed by atoms with van der Waals surface area (Å²) in [5, 5.41) is 18.8. The fraction of sp³-hybridized carbons (Fsp3) is 0.400. The molecule has 2 aromatic heterocycles. The number of thiophene rings is 1. The van der Waals surface area contributed by atoms with Gasteiger partial charge in [-0.2, -0.15) is 0 Å². The minimum atomic E-state index is 0.129. The second-order valence-corrected chi connectivity index (χ2v) is 4.31. The molecule has 0 saturated heterocycles. The molecule has 5 heteroatoms. The van der Waals surface area contributed by atoms with Gasteiger partial charge < -0.3 is 5.11 Å². The Hall–Kier alpha value is -1.20. The summed E-state index contributed by atoms with van der Waals surface area (Å²) in [6.07, 6.45) is 3.46. The molecule has 0 atom stereocenters. The summed E-state index contributed by atoms with van der Waals surface area (Å²) in [5.41, 5.74) is 0.851. The highest BCUT2D eigenvalue weighted by Crippen LogP contribution is 2.09. The van der Waals surface area contributed by atoms with E-state index in [9.17, 15) is 0 Å². The van der Waals surface area contributed by atoms with Gasteiger partial charge in [0.1, 0.15) is 0 Å². The van der Waals surface area contributed by atoms with E-state index >= 15 is 0 Å². The molecule has 0 aromatic carbocycles. The first-order chi connectivity index (χ1) is 7.38. The average Bonchev–Trinajstić information content (AvgIpc) is 2.85. The van der Waals surface area contributed by atoms with Gasteiger partial charge in [-0.1, -0.05) is 11.3 Å². The standard InChI is InChI=1S/C10H13N3OS/c14-6-4-9-8-13(12-11-9)5-3-10-2-1-7-15-10/h1-2,7-8,14H,3-6H2. The summed E-state index contributed by atoms with van der Waals surface area (Å²) < 4.78 is 1.82. The van der Waals surface area contributed by atoms with Crippen molar-refractivity contribution in [3.8, 4) is 0 Å². The highest BCUT2D eigenvalue weighted by Gasteiger charge is 2.00. The lowest BCUT2D eigenvalue weighted by Crippen LogP contribution is -2.00. The van der Waals surface area contributed by atoms with Crippen LogP contribution in [-0.2, 0) is 19.4 Å². The van der Waals surface area contributed by atoms with E-state index in [4.69, 9.17) is 5.11 Å². The molecule has 0 fully saturated rings. The molecular weight excluding hydrogens is 210 g/mol. The van der Waals surface area contributed by atoms with E-state index in [0.29, 0.717) is 6.42 Å². The first-order valence-electron chi connectivity index (χ1n) is 4.91. The van der Waals surface area contributed by atoms with Gasteiger partial charge >= 0.3 is 0 Å². The molecule has 0 bridgehead atoms. The van der Waals surface area contributed by atoms with Gasteiger partial charge in [-0.05, 0) is 11.4 Å². The van der Waals surface area contributed by atoms with Crippen molar-refractivity contribution in [2.45, 2.75) is 19.4 Å². The number of aromatic nitrogens is 3. The van der Waals surface area contributed by atoms with Gasteiger partial charge in [-0.3, -0.25) is 4.68 Å². The molecule has 80 valence electrons. The molecule has 2 heterocycles. The molecule has 0 aliphatic carbocycles. The van der Waals surface area contributed by atoms with Crippen LogP contribution < -0.4 is 0 Å². The van der Waals surface area contributed by atoms with Crippen LogP contribution in [-0.4, -0.2) is 26.7 Å². The van der Waals surface area contributed by atoms with Crippen LogP contribution >= 0.6 is 11.3 Å². The van der Waals surface area contributed by atoms with Gasteiger partial charge in [0, 0.05) is 37.1 Å². The lowest BCUT2D eigenvalue weighted by Gasteiger charge is -1.96. The Morgan fingerprint density at radius 2 is 2.33 bits per heavy atom. The molecular formula is C10H13N3OS. The number of rotatable bonds is 5. The predicted molar refractivity (Wildman–Crippen MR) is 58.8 cm³/mol. The maximum absolute atomic E-state index is 8.73. The molecule has 15 heavy (non-hydrogen) atoms. The largest absolute Gasteiger partial charge is 0.396 e. The molecule has 0 radical (unpaired) electrons. The first kappa shape index (κ1) is 10.3. The zero-order chi connectivity index (χ0) is 10.5. The van der Waals surface area contributed by atoms with E-state index in [1.165, 1.54) is 4.88 Å². The van der Waals surface area contributed by atoms with Crippen LogP contribution in [0.3, 0.4) is 0 Å². The number of hydrogen-bond acceptors (Lipinski definition) is 4. The Bertz CT molecular complexity index is 396. The van der Waals surface area contributed by atoms with Crippen LogP contribution in [0.1, 0.15) is 10.6 Å². The van der Waals surface area contributed by atoms with Gasteiger partial charge in [-0.15, -0.1) is 16.4 Å². The van der Waals surface area contributed by atoms with E-state index < -0.39 is 0 Å². The van der Waals surface area contributed by atoms with Crippen molar-refractivity contribution in [2.75, 3.05) is 6.61 Å². The van der Waals surface area contributed by atoms with Crippen molar-refractivity contribution in [3.05, 3.63) is 34.3 Å². The van der Waals surface area contributed by atoms with Gasteiger partial charge in [0.25, 0.3) is 0 Å². The van der Waals surface area contributed by atoms with Crippen LogP contribution in [0.4, 0.5) is 0 Å². The van der Waals surface area contributed by atoms with Gasteiger partial charge in [0.05, 0.1) is 5.69 Å². The highest BCUT2D eigenvalue weighted by atomic mass is 32.1. The third-order valence-corrected chi connectivity index (χ3v) is 3.06. The minimum absolute atomic E-state index is 0.129. The minimum Gasteiger partial charge on any atom is -0.396 e. The molecule has 0 amide bonds. The lowest BCUT2D eigenvalue weighted by molar-refractivity contribution is 0.298. The Kier molecular flexibility index (Phi) is 3.47. The molecule has 4 nitrogen and oxygen atoms in total. The van der Waals surface area contributed by atoms with Crippen LogP contribution in [0.5, 0.6) is 0 Å². The topological polar surface area (TPSA) is 50.9 Å². The molecule has 0 unspecified atom stereocenters. The van der Waals surface area contributed by atoms with Crippen LogP contribution in [0.25, 0.3) is 0 Å². The third kappa shape index (κ3) is 2.87. The quantitative estimate of drug-likeness (QED) is 0.826. The zero-order valence-corrected chi connectivity index (χ0v) is 9.15. The van der Waals surface area contributed by atoms with Crippen molar-refractivity contribution in [3.63, 3.8) is 0 Å². The normalized spacial score (nSPS) is 10.7. The fourth-order valence-electron chi connectivity index (χ4n) is 1.36. The maximum atomic E-state index is 8.73. The summed E-state index contributed by atoms with van der Waals surface area (Å²) >= 11 is 1.76. The number of aryl methyl sites for hydroxylation is 2. The molecule has 0 aliphatic heterocycles. The van der Waals surface area contributed by atoms with Gasteiger partial charge in [-0.25, -0.2) is 0 Å². The number of nitrogens with zero attached hydrogens (tertiary/aromatic N) is 3. The summed E-state index contributed by atoms with van der Waals surface area (Å²) in [6.45, 7) is 0.975. The molecule has 1 N–H and O–H groups in total. The third-order valence-electron chi connectivity index (χ3n) is 2.12. The van der Waals surface area contributed by atoms with E-state index in [1.54, 1.807) is 11.3 Å². The van der Waals surface area contributed by atoms with Crippen molar-refractivity contribution < 1.29 is 5.11 Å². The fourth-order valence-corrected chi connectivity index (χ4v) is 2.05. The lowest BCUT2D eigenvalue weighted by atomic mass is 10.3. The van der Waals surface area contributed by atoms with E-state index in [-0.39, 0.29) is 6.61 Å². The molecule has 0 saturated carbocycles. The van der Waals surface area contributed by atoms with Crippen molar-refractivity contribution in [1.82, 2.24) is 15.0 Å². The first-order valence-corrected chi connectivity index (χ1v) is 5.78. The van der Waals surface area contributed by atoms with Crippen molar-refractivity contribution in [1.29, 1.82) is 0 Å². The summed E-state index contributed by atoms with van der Waals surface area (Å²) in [4.78, 5) is 1.36. The Labute approximate surface area is 92.2 Å². The number of aliphatic hydroxyl groups is 1. The van der Waals surface area contributed by atoms with Crippen LogP contribution in [0.2, 0.25) is 0 Å². The van der Waals surface area contributed by atoms with Gasteiger partial charge in [0.2, 0.25) is 0 Å². The smallest absolute Gasteiger partial charge is 0.0849 e. The van der Waals surface area contributed by atoms with Crippen LogP contribution in [0, 0.1) is 0 Å². The Morgan fingerprint density at radius 1 is 1.40 bits per heavy atom. The second-order valence-electron chi connectivity index (χ2n) is 3.28. The summed E-state index contributed by atoms with van der Waals surface area (Å²) in [7, 11) is 0. The second kappa shape index (κ2) is 5.04. The Balaban J connectivity index is 1.88. The highest BCUT2D eigenvalue weighted by molar-refractivity contribution is 7.09. The van der Waals surface area contributed by atoms with Crippen molar-refractivity contribution >= 4 is 11.3 Å². The monoisotopic (exact) mass is 223 g/mol.